The Hall–Kier alpha value is -1.55. The molecule has 4 heteroatoms. The van der Waals surface area contributed by atoms with Gasteiger partial charge in [0, 0.05) is 17.9 Å². The van der Waals surface area contributed by atoms with Crippen molar-refractivity contribution >= 4 is 5.91 Å². The standard InChI is InChI=1S/C17H25NO3/c1-17(13-19)11-5-9-15(17)18-16(20)10-6-12-21-14-7-3-2-4-8-14/h2-4,7-8,15,19H,5-6,9-13H2,1H3,(H,18,20). The molecule has 0 spiro atoms. The van der Waals surface area contributed by atoms with Gasteiger partial charge < -0.3 is 15.2 Å². The molecule has 0 heterocycles. The number of aliphatic hydroxyl groups is 1. The van der Waals surface area contributed by atoms with Crippen molar-refractivity contribution in [1.82, 2.24) is 5.32 Å². The number of carbonyl (C=O) groups is 1. The van der Waals surface area contributed by atoms with Gasteiger partial charge in [-0.3, -0.25) is 4.79 Å². The molecule has 116 valence electrons. The lowest BCUT2D eigenvalue weighted by atomic mass is 9.86. The van der Waals surface area contributed by atoms with E-state index in [-0.39, 0.29) is 24.0 Å². The summed E-state index contributed by atoms with van der Waals surface area (Å²) in [6.07, 6.45) is 4.17. The molecule has 21 heavy (non-hydrogen) atoms. The van der Waals surface area contributed by atoms with E-state index in [1.54, 1.807) is 0 Å². The number of aliphatic hydroxyl groups excluding tert-OH is 1. The van der Waals surface area contributed by atoms with Crippen LogP contribution in [0.2, 0.25) is 0 Å². The number of hydrogen-bond donors (Lipinski definition) is 2. The number of para-hydroxylation sites is 1. The van der Waals surface area contributed by atoms with E-state index in [9.17, 15) is 9.90 Å². The minimum atomic E-state index is -0.157. The van der Waals surface area contributed by atoms with Gasteiger partial charge in [0.1, 0.15) is 5.75 Å². The van der Waals surface area contributed by atoms with Crippen LogP contribution in [0.4, 0.5) is 0 Å². The SMILES string of the molecule is CC1(CO)CCCC1NC(=O)CCCOc1ccccc1. The Labute approximate surface area is 126 Å². The first-order valence-electron chi connectivity index (χ1n) is 7.72. The third-order valence-corrected chi connectivity index (χ3v) is 4.34. The topological polar surface area (TPSA) is 58.6 Å². The summed E-state index contributed by atoms with van der Waals surface area (Å²) in [4.78, 5) is 12.0. The van der Waals surface area contributed by atoms with Crippen LogP contribution in [0.15, 0.2) is 30.3 Å². The van der Waals surface area contributed by atoms with Gasteiger partial charge in [-0.15, -0.1) is 0 Å². The third kappa shape index (κ3) is 4.46. The van der Waals surface area contributed by atoms with Crippen LogP contribution < -0.4 is 10.1 Å². The van der Waals surface area contributed by atoms with Crippen LogP contribution in [0, 0.1) is 5.41 Å². The van der Waals surface area contributed by atoms with Crippen LogP contribution in [0.5, 0.6) is 5.75 Å². The normalized spacial score (nSPS) is 24.8. The second-order valence-corrected chi connectivity index (χ2v) is 6.09. The zero-order chi connectivity index (χ0) is 15.1. The van der Waals surface area contributed by atoms with Crippen molar-refractivity contribution < 1.29 is 14.6 Å². The Morgan fingerprint density at radius 2 is 2.19 bits per heavy atom. The van der Waals surface area contributed by atoms with Crippen molar-refractivity contribution in [2.75, 3.05) is 13.2 Å². The van der Waals surface area contributed by atoms with Crippen LogP contribution in [0.25, 0.3) is 0 Å². The first-order chi connectivity index (χ1) is 10.1. The van der Waals surface area contributed by atoms with Crippen molar-refractivity contribution in [1.29, 1.82) is 0 Å². The molecular formula is C17H25NO3. The molecule has 1 saturated carbocycles. The lowest BCUT2D eigenvalue weighted by Gasteiger charge is -2.30. The number of carbonyl (C=O) groups excluding carboxylic acids is 1. The Balaban J connectivity index is 1.66. The zero-order valence-electron chi connectivity index (χ0n) is 12.7. The van der Waals surface area contributed by atoms with Gasteiger partial charge in [0.15, 0.2) is 0 Å². The molecule has 0 aliphatic heterocycles. The van der Waals surface area contributed by atoms with Gasteiger partial charge in [0.05, 0.1) is 13.2 Å². The summed E-state index contributed by atoms with van der Waals surface area (Å²) >= 11 is 0. The van der Waals surface area contributed by atoms with E-state index in [1.807, 2.05) is 37.3 Å². The van der Waals surface area contributed by atoms with E-state index in [0.29, 0.717) is 19.4 Å². The molecule has 2 rings (SSSR count). The van der Waals surface area contributed by atoms with Gasteiger partial charge in [-0.1, -0.05) is 31.5 Å². The molecule has 2 N–H and O–H groups in total. The highest BCUT2D eigenvalue weighted by molar-refractivity contribution is 5.76. The molecular weight excluding hydrogens is 266 g/mol. The molecule has 2 atom stereocenters. The molecule has 1 aromatic rings. The van der Waals surface area contributed by atoms with Gasteiger partial charge in [-0.05, 0) is 31.4 Å². The number of rotatable bonds is 7. The second-order valence-electron chi connectivity index (χ2n) is 6.09. The Morgan fingerprint density at radius 3 is 2.90 bits per heavy atom. The fourth-order valence-corrected chi connectivity index (χ4v) is 2.87. The summed E-state index contributed by atoms with van der Waals surface area (Å²) in [5.41, 5.74) is -0.157. The van der Waals surface area contributed by atoms with Crippen molar-refractivity contribution in [3.05, 3.63) is 30.3 Å². The number of ether oxygens (including phenoxy) is 1. The minimum absolute atomic E-state index is 0.0539. The highest BCUT2D eigenvalue weighted by Crippen LogP contribution is 2.37. The molecule has 1 aromatic carbocycles. The molecule has 1 aliphatic carbocycles. The fourth-order valence-electron chi connectivity index (χ4n) is 2.87. The van der Waals surface area contributed by atoms with E-state index in [1.165, 1.54) is 0 Å². The Bertz CT molecular complexity index is 449. The number of hydrogen-bond acceptors (Lipinski definition) is 3. The molecule has 0 aromatic heterocycles. The maximum absolute atomic E-state index is 12.0. The summed E-state index contributed by atoms with van der Waals surface area (Å²) in [7, 11) is 0. The highest BCUT2D eigenvalue weighted by Gasteiger charge is 2.38. The van der Waals surface area contributed by atoms with Crippen LogP contribution in [0.1, 0.15) is 39.0 Å². The summed E-state index contributed by atoms with van der Waals surface area (Å²) in [6.45, 7) is 2.72. The van der Waals surface area contributed by atoms with Gasteiger partial charge in [-0.25, -0.2) is 0 Å². The molecule has 0 saturated heterocycles. The maximum atomic E-state index is 12.0. The van der Waals surface area contributed by atoms with Crippen LogP contribution in [-0.2, 0) is 4.79 Å². The lowest BCUT2D eigenvalue weighted by molar-refractivity contribution is -0.122. The van der Waals surface area contributed by atoms with Crippen molar-refractivity contribution in [3.63, 3.8) is 0 Å². The van der Waals surface area contributed by atoms with Gasteiger partial charge in [0.2, 0.25) is 5.91 Å². The van der Waals surface area contributed by atoms with E-state index in [4.69, 9.17) is 4.74 Å². The average molecular weight is 291 g/mol. The molecule has 1 amide bonds. The summed E-state index contributed by atoms with van der Waals surface area (Å²) in [6, 6.07) is 9.72. The predicted molar refractivity (Wildman–Crippen MR) is 82.1 cm³/mol. The first-order valence-corrected chi connectivity index (χ1v) is 7.72. The molecule has 2 unspecified atom stereocenters. The third-order valence-electron chi connectivity index (χ3n) is 4.34. The molecule has 1 aliphatic rings. The van der Waals surface area contributed by atoms with Gasteiger partial charge >= 0.3 is 0 Å². The molecule has 0 bridgehead atoms. The number of amides is 1. The van der Waals surface area contributed by atoms with Crippen LogP contribution in [-0.4, -0.2) is 30.3 Å². The van der Waals surface area contributed by atoms with Gasteiger partial charge in [0.25, 0.3) is 0 Å². The predicted octanol–water partition coefficient (Wildman–Crippen LogP) is 2.51. The largest absolute Gasteiger partial charge is 0.494 e. The zero-order valence-corrected chi connectivity index (χ0v) is 12.7. The van der Waals surface area contributed by atoms with E-state index in [2.05, 4.69) is 5.32 Å². The minimum Gasteiger partial charge on any atom is -0.494 e. The van der Waals surface area contributed by atoms with Crippen molar-refractivity contribution in [3.8, 4) is 5.75 Å². The second kappa shape index (κ2) is 7.46. The summed E-state index contributed by atoms with van der Waals surface area (Å²) < 4.78 is 5.57. The average Bonchev–Trinajstić information content (AvgIpc) is 2.86. The van der Waals surface area contributed by atoms with Gasteiger partial charge in [-0.2, -0.15) is 0 Å². The Kier molecular flexibility index (Phi) is 5.62. The van der Waals surface area contributed by atoms with Crippen LogP contribution in [0.3, 0.4) is 0 Å². The molecule has 4 nitrogen and oxygen atoms in total. The quantitative estimate of drug-likeness (QED) is 0.759. The highest BCUT2D eigenvalue weighted by atomic mass is 16.5. The first kappa shape index (κ1) is 15.8. The van der Waals surface area contributed by atoms with Crippen molar-refractivity contribution in [2.24, 2.45) is 5.41 Å². The fraction of sp³-hybridized carbons (Fsp3) is 0.588. The number of nitrogens with one attached hydrogen (secondary N) is 1. The Morgan fingerprint density at radius 1 is 1.43 bits per heavy atom. The van der Waals surface area contributed by atoms with Crippen LogP contribution >= 0.6 is 0 Å². The van der Waals surface area contributed by atoms with E-state index >= 15 is 0 Å². The van der Waals surface area contributed by atoms with E-state index < -0.39 is 0 Å². The van der Waals surface area contributed by atoms with Crippen molar-refractivity contribution in [2.45, 2.75) is 45.1 Å². The lowest BCUT2D eigenvalue weighted by Crippen LogP contribution is -2.44. The number of benzene rings is 1. The van der Waals surface area contributed by atoms with E-state index in [0.717, 1.165) is 25.0 Å². The maximum Gasteiger partial charge on any atom is 0.220 e. The molecule has 1 fully saturated rings. The molecule has 0 radical (unpaired) electrons. The monoisotopic (exact) mass is 291 g/mol. The summed E-state index contributed by atoms with van der Waals surface area (Å²) in [5.74, 6) is 0.889. The summed E-state index contributed by atoms with van der Waals surface area (Å²) in [5, 5.41) is 12.5. The smallest absolute Gasteiger partial charge is 0.220 e.